The van der Waals surface area contributed by atoms with Crippen molar-refractivity contribution in [3.05, 3.63) is 81.2 Å². The molecule has 0 aliphatic heterocycles. The van der Waals surface area contributed by atoms with E-state index in [0.29, 0.717) is 0 Å². The molecule has 0 saturated carbocycles. The fourth-order valence-electron chi connectivity index (χ4n) is 3.39. The standard InChI is InChI=1S/C21F20/c22-6-3(9(25)13(29)12(28)5(6)19(35,36)20(37,38)21(39,40)41)1-2(8(24)15(31)14(30)7(1)23)4-10(26)16(32)18(34)17(33)11(4)27. The third-order valence-electron chi connectivity index (χ3n) is 5.30. The molecule has 0 aromatic heterocycles. The molecule has 0 spiro atoms. The van der Waals surface area contributed by atoms with Gasteiger partial charge >= 0.3 is 18.0 Å². The zero-order chi connectivity index (χ0) is 31.9. The Morgan fingerprint density at radius 1 is 0.268 bits per heavy atom. The highest BCUT2D eigenvalue weighted by molar-refractivity contribution is 5.86. The van der Waals surface area contributed by atoms with Crippen LogP contribution in [-0.2, 0) is 5.92 Å². The largest absolute Gasteiger partial charge is 0.460 e. The van der Waals surface area contributed by atoms with Gasteiger partial charge in [0.05, 0.1) is 11.1 Å². The monoisotopic (exact) mass is 632 g/mol. The molecule has 0 aliphatic carbocycles. The van der Waals surface area contributed by atoms with Crippen LogP contribution < -0.4 is 0 Å². The van der Waals surface area contributed by atoms with Gasteiger partial charge in [0.25, 0.3) is 0 Å². The van der Waals surface area contributed by atoms with Gasteiger partial charge in [-0.2, -0.15) is 30.7 Å². The molecule has 3 rings (SSSR count). The molecule has 0 amide bonds. The van der Waals surface area contributed by atoms with E-state index in [0.717, 1.165) is 0 Å². The normalized spacial score (nSPS) is 12.9. The molecule has 0 unspecified atom stereocenters. The molecule has 0 fully saturated rings. The smallest absolute Gasteiger partial charge is 0.206 e. The van der Waals surface area contributed by atoms with E-state index in [1.807, 2.05) is 0 Å². The summed E-state index contributed by atoms with van der Waals surface area (Å²) in [5, 5.41) is 0. The Hall–Kier alpha value is -3.74. The molecule has 0 N–H and O–H groups in total. The first-order valence-corrected chi connectivity index (χ1v) is 9.53. The SMILES string of the molecule is Fc1c(F)c(F)c(-c2c(F)c(F)c(F)c(F)c2-c2c(F)c(F)c(F)c(C(F)(F)C(F)(F)C(F)(F)F)c2F)c(F)c1F. The van der Waals surface area contributed by atoms with E-state index in [9.17, 15) is 83.4 Å². The van der Waals surface area contributed by atoms with E-state index in [1.54, 1.807) is 0 Å². The maximum absolute atomic E-state index is 15.0. The molecule has 3 aromatic rings. The van der Waals surface area contributed by atoms with Crippen molar-refractivity contribution in [2.45, 2.75) is 18.0 Å². The average molecular weight is 632 g/mol. The molecule has 0 radical (unpaired) electrons. The fraction of sp³-hybridized carbons (Fsp3) is 0.143. The number of hydrogen-bond acceptors (Lipinski definition) is 0. The van der Waals surface area contributed by atoms with Crippen molar-refractivity contribution < 1.29 is 87.8 Å². The quantitative estimate of drug-likeness (QED) is 0.153. The minimum atomic E-state index is -7.59. The van der Waals surface area contributed by atoms with Gasteiger partial charge in [0, 0.05) is 11.1 Å². The van der Waals surface area contributed by atoms with Crippen LogP contribution in [0, 0.1) is 75.6 Å². The average Bonchev–Trinajstić information content (AvgIpc) is 2.87. The van der Waals surface area contributed by atoms with Crippen molar-refractivity contribution in [2.75, 3.05) is 0 Å². The van der Waals surface area contributed by atoms with E-state index in [2.05, 4.69) is 0 Å². The predicted molar refractivity (Wildman–Crippen MR) is 91.7 cm³/mol. The van der Waals surface area contributed by atoms with Crippen molar-refractivity contribution in [3.8, 4) is 22.3 Å². The molecular formula is C21F20. The van der Waals surface area contributed by atoms with Gasteiger partial charge in [-0.3, -0.25) is 0 Å². The molecule has 3 aromatic carbocycles. The summed E-state index contributed by atoms with van der Waals surface area (Å²) in [4.78, 5) is 0. The number of hydrogen-bond donors (Lipinski definition) is 0. The second kappa shape index (κ2) is 9.68. The highest BCUT2D eigenvalue weighted by Gasteiger charge is 2.75. The molecule has 0 bridgehead atoms. The Balaban J connectivity index is 2.71. The summed E-state index contributed by atoms with van der Waals surface area (Å²) in [7, 11) is 0. The molecule has 0 aliphatic rings. The lowest BCUT2D eigenvalue weighted by Gasteiger charge is -2.29. The molecular weight excluding hydrogens is 632 g/mol. The van der Waals surface area contributed by atoms with Crippen LogP contribution in [0.2, 0.25) is 0 Å². The lowest BCUT2D eigenvalue weighted by Crippen LogP contribution is -2.51. The maximum atomic E-state index is 15.0. The van der Waals surface area contributed by atoms with Gasteiger partial charge in [0.15, 0.2) is 64.0 Å². The lowest BCUT2D eigenvalue weighted by molar-refractivity contribution is -0.360. The first-order chi connectivity index (χ1) is 18.5. The van der Waals surface area contributed by atoms with Crippen LogP contribution in [0.15, 0.2) is 0 Å². The van der Waals surface area contributed by atoms with E-state index < -0.39 is 121 Å². The second-order valence-corrected chi connectivity index (χ2v) is 7.60. The zero-order valence-electron chi connectivity index (χ0n) is 18.1. The summed E-state index contributed by atoms with van der Waals surface area (Å²) < 4.78 is 277. The van der Waals surface area contributed by atoms with Gasteiger partial charge in [-0.15, -0.1) is 0 Å². The number of halogens is 20. The minimum absolute atomic E-state index is 2.97. The summed E-state index contributed by atoms with van der Waals surface area (Å²) in [6.45, 7) is 0. The molecule has 41 heavy (non-hydrogen) atoms. The minimum Gasteiger partial charge on any atom is -0.206 e. The topological polar surface area (TPSA) is 0 Å². The van der Waals surface area contributed by atoms with Crippen LogP contribution in [-0.4, -0.2) is 12.1 Å². The van der Waals surface area contributed by atoms with Crippen LogP contribution in [0.3, 0.4) is 0 Å². The summed E-state index contributed by atoms with van der Waals surface area (Å²) in [5.41, 5.74) is -16.7. The van der Waals surface area contributed by atoms with E-state index in [4.69, 9.17) is 0 Å². The number of benzene rings is 3. The first-order valence-electron chi connectivity index (χ1n) is 9.53. The Bertz CT molecular complexity index is 1570. The van der Waals surface area contributed by atoms with Gasteiger partial charge < -0.3 is 0 Å². The van der Waals surface area contributed by atoms with Crippen molar-refractivity contribution >= 4 is 0 Å². The molecule has 0 nitrogen and oxygen atoms in total. The van der Waals surface area contributed by atoms with Gasteiger partial charge in [0.2, 0.25) is 5.82 Å². The highest BCUT2D eigenvalue weighted by Crippen LogP contribution is 2.55. The van der Waals surface area contributed by atoms with Crippen molar-refractivity contribution in [1.82, 2.24) is 0 Å². The Morgan fingerprint density at radius 3 is 0.829 bits per heavy atom. The van der Waals surface area contributed by atoms with Gasteiger partial charge in [-0.1, -0.05) is 0 Å². The third kappa shape index (κ3) is 4.23. The van der Waals surface area contributed by atoms with E-state index in [1.165, 1.54) is 0 Å². The zero-order valence-corrected chi connectivity index (χ0v) is 18.1. The van der Waals surface area contributed by atoms with Crippen LogP contribution in [0.25, 0.3) is 22.3 Å². The number of rotatable bonds is 4. The summed E-state index contributed by atoms with van der Waals surface area (Å²) >= 11 is 0. The van der Waals surface area contributed by atoms with Crippen molar-refractivity contribution in [2.24, 2.45) is 0 Å². The Morgan fingerprint density at radius 2 is 0.512 bits per heavy atom. The number of alkyl halides is 7. The summed E-state index contributed by atoms with van der Waals surface area (Å²) in [5.74, 6) is -59.5. The third-order valence-corrected chi connectivity index (χ3v) is 5.30. The summed E-state index contributed by atoms with van der Waals surface area (Å²) in [6, 6.07) is 0. The molecule has 20 heteroatoms. The molecule has 0 atom stereocenters. The van der Waals surface area contributed by atoms with Crippen LogP contribution in [0.5, 0.6) is 0 Å². The van der Waals surface area contributed by atoms with Gasteiger partial charge in [-0.05, 0) is 0 Å². The maximum Gasteiger partial charge on any atom is 0.460 e. The van der Waals surface area contributed by atoms with Crippen molar-refractivity contribution in [3.63, 3.8) is 0 Å². The predicted octanol–water partition coefficient (Wildman–Crippen LogP) is 9.12. The lowest BCUT2D eigenvalue weighted by atomic mass is 9.88. The highest BCUT2D eigenvalue weighted by atomic mass is 19.4. The first kappa shape index (κ1) is 31.8. The molecule has 0 saturated heterocycles. The van der Waals surface area contributed by atoms with E-state index >= 15 is 4.39 Å². The fourth-order valence-corrected chi connectivity index (χ4v) is 3.39. The molecule has 0 heterocycles. The second-order valence-electron chi connectivity index (χ2n) is 7.60. The van der Waals surface area contributed by atoms with Gasteiger partial charge in [-0.25, -0.2) is 57.1 Å². The van der Waals surface area contributed by atoms with E-state index in [-0.39, 0.29) is 0 Å². The van der Waals surface area contributed by atoms with Gasteiger partial charge in [0.1, 0.15) is 11.4 Å². The van der Waals surface area contributed by atoms with Crippen LogP contribution in [0.4, 0.5) is 87.8 Å². The van der Waals surface area contributed by atoms with Crippen LogP contribution >= 0.6 is 0 Å². The Labute approximate surface area is 210 Å². The summed E-state index contributed by atoms with van der Waals surface area (Å²) in [6.07, 6.45) is -7.44. The van der Waals surface area contributed by atoms with Crippen LogP contribution in [0.1, 0.15) is 5.56 Å². The Kier molecular flexibility index (Phi) is 7.50. The molecule has 224 valence electrons. The van der Waals surface area contributed by atoms with Crippen molar-refractivity contribution in [1.29, 1.82) is 0 Å².